The number of allylic oxidation sites excluding steroid dienone is 1. The van der Waals surface area contributed by atoms with E-state index in [0.29, 0.717) is 0 Å². The average molecular weight is 280 g/mol. The number of pyridine rings is 1. The van der Waals surface area contributed by atoms with E-state index in [1.807, 2.05) is 31.3 Å². The number of aryl methyl sites for hydroxylation is 1. The molecule has 0 bridgehead atoms. The smallest absolute Gasteiger partial charge is 0.130 e. The second kappa shape index (κ2) is 5.24. The van der Waals surface area contributed by atoms with Crippen LogP contribution in [0.1, 0.15) is 24.0 Å². The van der Waals surface area contributed by atoms with Gasteiger partial charge in [0.2, 0.25) is 0 Å². The third-order valence-electron chi connectivity index (χ3n) is 4.16. The highest BCUT2D eigenvalue weighted by Crippen LogP contribution is 2.53. The number of benzene rings is 1. The Morgan fingerprint density at radius 1 is 1.19 bits per heavy atom. The van der Waals surface area contributed by atoms with Crippen LogP contribution in [0, 0.1) is 6.92 Å². The van der Waals surface area contributed by atoms with Gasteiger partial charge in [0.25, 0.3) is 0 Å². The van der Waals surface area contributed by atoms with E-state index in [-0.39, 0.29) is 5.41 Å². The first kappa shape index (κ1) is 13.7. The van der Waals surface area contributed by atoms with Crippen molar-refractivity contribution in [2.45, 2.75) is 25.2 Å². The molecule has 1 heterocycles. The minimum atomic E-state index is 0.0405. The maximum absolute atomic E-state index is 5.22. The SMILES string of the molecule is C=C(Nc1ccc(C)cn1)C1(c2ccc(OC)cc2)CC1. The number of aromatic nitrogens is 1. The predicted molar refractivity (Wildman–Crippen MR) is 85.6 cm³/mol. The van der Waals surface area contributed by atoms with E-state index in [9.17, 15) is 0 Å². The summed E-state index contributed by atoms with van der Waals surface area (Å²) in [6.07, 6.45) is 4.11. The Kier molecular flexibility index (Phi) is 3.42. The molecule has 1 N–H and O–H groups in total. The largest absolute Gasteiger partial charge is 0.497 e. The van der Waals surface area contributed by atoms with E-state index in [2.05, 4.69) is 35.1 Å². The van der Waals surface area contributed by atoms with Crippen LogP contribution in [0.15, 0.2) is 54.9 Å². The Bertz CT molecular complexity index is 640. The lowest BCUT2D eigenvalue weighted by Crippen LogP contribution is -2.16. The van der Waals surface area contributed by atoms with Gasteiger partial charge < -0.3 is 10.1 Å². The first-order valence-corrected chi connectivity index (χ1v) is 7.18. The molecule has 1 saturated carbocycles. The van der Waals surface area contributed by atoms with Crippen LogP contribution in [0.5, 0.6) is 5.75 Å². The lowest BCUT2D eigenvalue weighted by atomic mass is 9.93. The molecule has 0 atom stereocenters. The molecule has 0 amide bonds. The van der Waals surface area contributed by atoms with Gasteiger partial charge in [0, 0.05) is 17.3 Å². The molecule has 0 unspecified atom stereocenters. The number of hydrogen-bond acceptors (Lipinski definition) is 3. The van der Waals surface area contributed by atoms with Crippen LogP contribution >= 0.6 is 0 Å². The van der Waals surface area contributed by atoms with E-state index >= 15 is 0 Å². The lowest BCUT2D eigenvalue weighted by molar-refractivity contribution is 0.414. The minimum absolute atomic E-state index is 0.0405. The molecule has 1 fully saturated rings. The highest BCUT2D eigenvalue weighted by Gasteiger charge is 2.47. The molecule has 3 nitrogen and oxygen atoms in total. The van der Waals surface area contributed by atoms with E-state index in [0.717, 1.165) is 35.7 Å². The zero-order valence-electron chi connectivity index (χ0n) is 12.5. The van der Waals surface area contributed by atoms with Crippen molar-refractivity contribution in [3.63, 3.8) is 0 Å². The van der Waals surface area contributed by atoms with Crippen molar-refractivity contribution in [2.24, 2.45) is 0 Å². The summed E-state index contributed by atoms with van der Waals surface area (Å²) in [6, 6.07) is 12.3. The monoisotopic (exact) mass is 280 g/mol. The molecule has 1 aromatic carbocycles. The van der Waals surface area contributed by atoms with Gasteiger partial charge in [-0.1, -0.05) is 24.8 Å². The molecule has 0 saturated heterocycles. The summed E-state index contributed by atoms with van der Waals surface area (Å²) in [4.78, 5) is 4.39. The van der Waals surface area contributed by atoms with Crippen LogP contribution in [0.2, 0.25) is 0 Å². The molecule has 0 radical (unpaired) electrons. The first-order chi connectivity index (χ1) is 10.1. The van der Waals surface area contributed by atoms with Crippen LogP contribution in [0.4, 0.5) is 5.82 Å². The van der Waals surface area contributed by atoms with Gasteiger partial charge in [-0.05, 0) is 49.1 Å². The van der Waals surface area contributed by atoms with Crippen LogP contribution < -0.4 is 10.1 Å². The summed E-state index contributed by atoms with van der Waals surface area (Å²) in [5.74, 6) is 1.73. The number of ether oxygens (including phenoxy) is 1. The maximum atomic E-state index is 5.22. The Balaban J connectivity index is 1.78. The predicted octanol–water partition coefficient (Wildman–Crippen LogP) is 4.06. The van der Waals surface area contributed by atoms with Gasteiger partial charge in [-0.15, -0.1) is 0 Å². The molecular weight excluding hydrogens is 260 g/mol. The molecule has 108 valence electrons. The molecule has 0 spiro atoms. The molecule has 1 aliphatic rings. The van der Waals surface area contributed by atoms with Crippen LogP contribution in [-0.2, 0) is 5.41 Å². The van der Waals surface area contributed by atoms with E-state index in [1.165, 1.54) is 5.56 Å². The maximum Gasteiger partial charge on any atom is 0.130 e. The zero-order valence-corrected chi connectivity index (χ0v) is 12.5. The average Bonchev–Trinajstić information content (AvgIpc) is 3.31. The summed E-state index contributed by atoms with van der Waals surface area (Å²) in [6.45, 7) is 6.28. The number of nitrogens with one attached hydrogen (secondary N) is 1. The topological polar surface area (TPSA) is 34.2 Å². The number of anilines is 1. The van der Waals surface area contributed by atoms with Crippen molar-refractivity contribution >= 4 is 5.82 Å². The van der Waals surface area contributed by atoms with Gasteiger partial charge in [-0.2, -0.15) is 0 Å². The Labute approximate surface area is 125 Å². The Morgan fingerprint density at radius 2 is 1.90 bits per heavy atom. The van der Waals surface area contributed by atoms with E-state index in [4.69, 9.17) is 4.74 Å². The number of nitrogens with zero attached hydrogens (tertiary/aromatic N) is 1. The highest BCUT2D eigenvalue weighted by molar-refractivity contribution is 5.51. The summed E-state index contributed by atoms with van der Waals surface area (Å²) in [5.41, 5.74) is 3.50. The quantitative estimate of drug-likeness (QED) is 0.897. The normalized spacial score (nSPS) is 15.3. The summed E-state index contributed by atoms with van der Waals surface area (Å²) in [5, 5.41) is 3.36. The molecule has 1 aromatic heterocycles. The molecule has 1 aliphatic carbocycles. The van der Waals surface area contributed by atoms with Crippen LogP contribution in [0.25, 0.3) is 0 Å². The highest BCUT2D eigenvalue weighted by atomic mass is 16.5. The molecule has 21 heavy (non-hydrogen) atoms. The molecule has 3 heteroatoms. The van der Waals surface area contributed by atoms with Crippen molar-refractivity contribution in [3.8, 4) is 5.75 Å². The van der Waals surface area contributed by atoms with Crippen molar-refractivity contribution in [1.29, 1.82) is 0 Å². The van der Waals surface area contributed by atoms with Gasteiger partial charge in [0.05, 0.1) is 7.11 Å². The third-order valence-corrected chi connectivity index (χ3v) is 4.16. The van der Waals surface area contributed by atoms with Crippen molar-refractivity contribution in [2.75, 3.05) is 12.4 Å². The van der Waals surface area contributed by atoms with E-state index in [1.54, 1.807) is 7.11 Å². The van der Waals surface area contributed by atoms with Gasteiger partial charge >= 0.3 is 0 Å². The fraction of sp³-hybridized carbons (Fsp3) is 0.278. The summed E-state index contributed by atoms with van der Waals surface area (Å²) < 4.78 is 5.22. The van der Waals surface area contributed by atoms with Gasteiger partial charge in [-0.3, -0.25) is 0 Å². The lowest BCUT2D eigenvalue weighted by Gasteiger charge is -2.20. The molecule has 2 aromatic rings. The number of methoxy groups -OCH3 is 1. The number of rotatable bonds is 5. The van der Waals surface area contributed by atoms with Crippen molar-refractivity contribution in [1.82, 2.24) is 4.98 Å². The van der Waals surface area contributed by atoms with E-state index < -0.39 is 0 Å². The van der Waals surface area contributed by atoms with Crippen LogP contribution in [0.3, 0.4) is 0 Å². The minimum Gasteiger partial charge on any atom is -0.497 e. The van der Waals surface area contributed by atoms with Gasteiger partial charge in [0.15, 0.2) is 0 Å². The van der Waals surface area contributed by atoms with Crippen molar-refractivity contribution < 1.29 is 4.74 Å². The standard InChI is InChI=1S/C18H20N2O/c1-13-4-9-17(19-12-13)20-14(2)18(10-11-18)15-5-7-16(21-3)8-6-15/h4-9,12H,2,10-11H2,1,3H3,(H,19,20). The third kappa shape index (κ3) is 2.64. The summed E-state index contributed by atoms with van der Waals surface area (Å²) >= 11 is 0. The molecule has 0 aliphatic heterocycles. The summed E-state index contributed by atoms with van der Waals surface area (Å²) in [7, 11) is 1.69. The fourth-order valence-electron chi connectivity index (χ4n) is 2.62. The zero-order chi connectivity index (χ0) is 14.9. The second-order valence-electron chi connectivity index (χ2n) is 5.63. The second-order valence-corrected chi connectivity index (χ2v) is 5.63. The van der Waals surface area contributed by atoms with Gasteiger partial charge in [-0.25, -0.2) is 4.98 Å². The first-order valence-electron chi connectivity index (χ1n) is 7.18. The Morgan fingerprint density at radius 3 is 2.43 bits per heavy atom. The van der Waals surface area contributed by atoms with Gasteiger partial charge in [0.1, 0.15) is 11.6 Å². The molecule has 3 rings (SSSR count). The molecular formula is C18H20N2O. The van der Waals surface area contributed by atoms with Crippen LogP contribution in [-0.4, -0.2) is 12.1 Å². The number of hydrogen-bond donors (Lipinski definition) is 1. The van der Waals surface area contributed by atoms with Crippen molar-refractivity contribution in [3.05, 3.63) is 66.0 Å². The Hall–Kier alpha value is -2.29. The fourth-order valence-corrected chi connectivity index (χ4v) is 2.62.